The van der Waals surface area contributed by atoms with E-state index in [4.69, 9.17) is 26.3 Å². The Morgan fingerprint density at radius 3 is 2.60 bits per heavy atom. The van der Waals surface area contributed by atoms with Gasteiger partial charge in [0.25, 0.3) is 0 Å². The number of hydrogen-bond acceptors (Lipinski definition) is 4. The van der Waals surface area contributed by atoms with Gasteiger partial charge >= 0.3 is 0 Å². The minimum atomic E-state index is 0.0340. The fourth-order valence-corrected chi connectivity index (χ4v) is 2.24. The van der Waals surface area contributed by atoms with Gasteiger partial charge in [0.15, 0.2) is 11.5 Å². The first-order chi connectivity index (χ1) is 9.52. The molecule has 20 heavy (non-hydrogen) atoms. The highest BCUT2D eigenvalue weighted by Crippen LogP contribution is 2.38. The number of anilines is 1. The van der Waals surface area contributed by atoms with Gasteiger partial charge in [0, 0.05) is 25.1 Å². The van der Waals surface area contributed by atoms with Gasteiger partial charge in [-0.3, -0.25) is 0 Å². The predicted molar refractivity (Wildman–Crippen MR) is 79.6 cm³/mol. The smallest absolute Gasteiger partial charge is 0.163 e. The van der Waals surface area contributed by atoms with Crippen LogP contribution in [0.2, 0.25) is 5.02 Å². The van der Waals surface area contributed by atoms with Crippen LogP contribution in [0.15, 0.2) is 12.1 Å². The highest BCUT2D eigenvalue weighted by atomic mass is 35.5. The van der Waals surface area contributed by atoms with Crippen molar-refractivity contribution in [1.82, 2.24) is 0 Å². The number of nitrogens with zero attached hydrogens (tertiary/aromatic N) is 1. The van der Waals surface area contributed by atoms with E-state index in [1.54, 1.807) is 6.07 Å². The van der Waals surface area contributed by atoms with Crippen LogP contribution in [0.3, 0.4) is 0 Å². The fourth-order valence-electron chi connectivity index (χ4n) is 2.02. The molecule has 5 heteroatoms. The van der Waals surface area contributed by atoms with E-state index in [2.05, 4.69) is 25.2 Å². The monoisotopic (exact) mass is 294 g/mol. The van der Waals surface area contributed by atoms with Gasteiger partial charge in [-0.15, -0.1) is 0 Å². The molecule has 1 aliphatic rings. The summed E-state index contributed by atoms with van der Waals surface area (Å²) in [5.41, 5.74) is 0.868. The Labute approximate surface area is 124 Å². The Hall–Kier alpha value is -1.60. The van der Waals surface area contributed by atoms with E-state index < -0.39 is 0 Å². The molecule has 0 atom stereocenters. The molecule has 108 valence electrons. The van der Waals surface area contributed by atoms with Gasteiger partial charge in [0.1, 0.15) is 13.2 Å². The summed E-state index contributed by atoms with van der Waals surface area (Å²) in [7, 11) is 0. The number of ether oxygens (including phenoxy) is 2. The van der Waals surface area contributed by atoms with Crippen molar-refractivity contribution in [1.29, 1.82) is 5.26 Å². The molecule has 0 fully saturated rings. The fraction of sp³-hybridized carbons (Fsp3) is 0.533. The first-order valence-electron chi connectivity index (χ1n) is 6.72. The van der Waals surface area contributed by atoms with E-state index in [0.717, 1.165) is 24.4 Å². The van der Waals surface area contributed by atoms with Gasteiger partial charge in [-0.25, -0.2) is 0 Å². The van der Waals surface area contributed by atoms with Crippen molar-refractivity contribution in [3.8, 4) is 17.6 Å². The molecule has 0 aliphatic carbocycles. The minimum absolute atomic E-state index is 0.0340. The Balaban J connectivity index is 2.04. The molecule has 1 aromatic carbocycles. The quantitative estimate of drug-likeness (QED) is 0.896. The first kappa shape index (κ1) is 14.8. The molecule has 0 aromatic heterocycles. The van der Waals surface area contributed by atoms with Crippen LogP contribution in [0.25, 0.3) is 0 Å². The highest BCUT2D eigenvalue weighted by Gasteiger charge is 2.19. The summed E-state index contributed by atoms with van der Waals surface area (Å²) in [6, 6.07) is 5.83. The highest BCUT2D eigenvalue weighted by molar-refractivity contribution is 6.33. The number of fused-ring (bicyclic) bond motifs is 1. The standard InChI is InChI=1S/C15H19ClN2O2/c1-15(2,4-3-5-17)10-18-12-9-14-13(8-11(12)16)19-6-7-20-14/h8-9,18H,3-4,6-7,10H2,1-2H3. The van der Waals surface area contributed by atoms with E-state index in [9.17, 15) is 0 Å². The zero-order valence-electron chi connectivity index (χ0n) is 11.8. The molecule has 0 amide bonds. The number of benzene rings is 1. The molecule has 0 saturated carbocycles. The van der Waals surface area contributed by atoms with E-state index in [-0.39, 0.29) is 5.41 Å². The second kappa shape index (κ2) is 6.23. The Morgan fingerprint density at radius 2 is 1.95 bits per heavy atom. The lowest BCUT2D eigenvalue weighted by atomic mass is 9.88. The molecule has 0 saturated heterocycles. The van der Waals surface area contributed by atoms with Crippen molar-refractivity contribution >= 4 is 17.3 Å². The third-order valence-electron chi connectivity index (χ3n) is 3.30. The van der Waals surface area contributed by atoms with E-state index in [0.29, 0.717) is 30.4 Å². The summed E-state index contributed by atoms with van der Waals surface area (Å²) in [6.45, 7) is 6.11. The molecule has 1 heterocycles. The summed E-state index contributed by atoms with van der Waals surface area (Å²) in [6.07, 6.45) is 1.40. The van der Waals surface area contributed by atoms with E-state index >= 15 is 0 Å². The van der Waals surface area contributed by atoms with Crippen molar-refractivity contribution < 1.29 is 9.47 Å². The molecule has 1 N–H and O–H groups in total. The topological polar surface area (TPSA) is 54.3 Å². The second-order valence-electron chi connectivity index (χ2n) is 5.65. The molecular formula is C15H19ClN2O2. The number of hydrogen-bond donors (Lipinski definition) is 1. The molecule has 0 bridgehead atoms. The molecule has 2 rings (SSSR count). The zero-order valence-corrected chi connectivity index (χ0v) is 12.6. The summed E-state index contributed by atoms with van der Waals surface area (Å²) in [4.78, 5) is 0. The van der Waals surface area contributed by atoms with Crippen LogP contribution >= 0.6 is 11.6 Å². The third kappa shape index (κ3) is 3.71. The average Bonchev–Trinajstić information content (AvgIpc) is 2.43. The van der Waals surface area contributed by atoms with Crippen LogP contribution < -0.4 is 14.8 Å². The van der Waals surface area contributed by atoms with Crippen molar-refractivity contribution in [2.75, 3.05) is 25.1 Å². The van der Waals surface area contributed by atoms with Crippen LogP contribution in [0.5, 0.6) is 11.5 Å². The van der Waals surface area contributed by atoms with Gasteiger partial charge in [-0.05, 0) is 11.8 Å². The molecule has 1 aliphatic heterocycles. The SMILES string of the molecule is CC(C)(CCC#N)CNc1cc2c(cc1Cl)OCCO2. The first-order valence-corrected chi connectivity index (χ1v) is 7.10. The summed E-state index contributed by atoms with van der Waals surface area (Å²) in [5, 5.41) is 12.6. The number of nitrogens with one attached hydrogen (secondary N) is 1. The molecule has 0 radical (unpaired) electrons. The van der Waals surface area contributed by atoms with Gasteiger partial charge < -0.3 is 14.8 Å². The second-order valence-corrected chi connectivity index (χ2v) is 6.06. The van der Waals surface area contributed by atoms with Crippen molar-refractivity contribution in [2.24, 2.45) is 5.41 Å². The summed E-state index contributed by atoms with van der Waals surface area (Å²) in [5.74, 6) is 1.41. The molecule has 0 spiro atoms. The Bertz CT molecular complexity index is 523. The van der Waals surface area contributed by atoms with Crippen molar-refractivity contribution in [3.63, 3.8) is 0 Å². The van der Waals surface area contributed by atoms with Crippen LogP contribution in [-0.4, -0.2) is 19.8 Å². The molecule has 4 nitrogen and oxygen atoms in total. The summed E-state index contributed by atoms with van der Waals surface area (Å²) < 4.78 is 11.0. The zero-order chi connectivity index (χ0) is 14.6. The molecular weight excluding hydrogens is 276 g/mol. The molecule has 1 aromatic rings. The van der Waals surface area contributed by atoms with E-state index in [1.165, 1.54) is 0 Å². The van der Waals surface area contributed by atoms with E-state index in [1.807, 2.05) is 6.07 Å². The van der Waals surface area contributed by atoms with Crippen LogP contribution in [0.4, 0.5) is 5.69 Å². The maximum Gasteiger partial charge on any atom is 0.163 e. The van der Waals surface area contributed by atoms with Crippen LogP contribution in [-0.2, 0) is 0 Å². The average molecular weight is 295 g/mol. The van der Waals surface area contributed by atoms with Crippen LogP contribution in [0, 0.1) is 16.7 Å². The number of nitriles is 1. The van der Waals surface area contributed by atoms with Crippen molar-refractivity contribution in [2.45, 2.75) is 26.7 Å². The lowest BCUT2D eigenvalue weighted by Crippen LogP contribution is -2.23. The largest absolute Gasteiger partial charge is 0.486 e. The molecule has 0 unspecified atom stereocenters. The predicted octanol–water partition coefficient (Wildman–Crippen LogP) is 3.85. The normalized spacial score (nSPS) is 13.7. The number of rotatable bonds is 5. The van der Waals surface area contributed by atoms with Gasteiger partial charge in [-0.2, -0.15) is 5.26 Å². The van der Waals surface area contributed by atoms with Crippen LogP contribution in [0.1, 0.15) is 26.7 Å². The van der Waals surface area contributed by atoms with Crippen molar-refractivity contribution in [3.05, 3.63) is 17.2 Å². The summed E-state index contributed by atoms with van der Waals surface area (Å²) >= 11 is 6.24. The Kier molecular flexibility index (Phi) is 4.61. The van der Waals surface area contributed by atoms with Gasteiger partial charge in [0.2, 0.25) is 0 Å². The Morgan fingerprint density at radius 1 is 1.30 bits per heavy atom. The lowest BCUT2D eigenvalue weighted by Gasteiger charge is -2.26. The third-order valence-corrected chi connectivity index (χ3v) is 3.62. The minimum Gasteiger partial charge on any atom is -0.486 e. The maximum atomic E-state index is 8.67. The van der Waals surface area contributed by atoms with Gasteiger partial charge in [-0.1, -0.05) is 25.4 Å². The maximum absolute atomic E-state index is 8.67. The van der Waals surface area contributed by atoms with Gasteiger partial charge in [0.05, 0.1) is 16.8 Å². The lowest BCUT2D eigenvalue weighted by molar-refractivity contribution is 0.171. The number of halogens is 1.